The number of nitrogens with one attached hydrogen (secondary N) is 2. The van der Waals surface area contributed by atoms with Crippen LogP contribution in [0.2, 0.25) is 5.02 Å². The highest BCUT2D eigenvalue weighted by molar-refractivity contribution is 7.98. The van der Waals surface area contributed by atoms with E-state index in [0.29, 0.717) is 10.9 Å². The van der Waals surface area contributed by atoms with E-state index >= 15 is 0 Å². The first-order valence-electron chi connectivity index (χ1n) is 9.77. The molecule has 2 amide bonds. The third-order valence-corrected chi connectivity index (χ3v) is 5.79. The number of carbonyl (C=O) groups excluding carboxylic acids is 2. The van der Waals surface area contributed by atoms with E-state index in [0.717, 1.165) is 22.4 Å². The van der Waals surface area contributed by atoms with Crippen LogP contribution >= 0.6 is 23.4 Å². The summed E-state index contributed by atoms with van der Waals surface area (Å²) in [6.07, 6.45) is 1.56. The van der Waals surface area contributed by atoms with E-state index < -0.39 is 5.91 Å². The van der Waals surface area contributed by atoms with Gasteiger partial charge in [0.15, 0.2) is 10.9 Å². The molecule has 0 aliphatic rings. The molecule has 0 unspecified atom stereocenters. The van der Waals surface area contributed by atoms with Gasteiger partial charge in [-0.1, -0.05) is 59.8 Å². The topological polar surface area (TPSA) is 84.0 Å². The van der Waals surface area contributed by atoms with Crippen molar-refractivity contribution in [2.24, 2.45) is 0 Å². The van der Waals surface area contributed by atoms with E-state index in [4.69, 9.17) is 11.6 Å². The van der Waals surface area contributed by atoms with Crippen LogP contribution in [0.4, 0.5) is 5.69 Å². The average molecular weight is 455 g/mol. The van der Waals surface area contributed by atoms with Crippen LogP contribution in [-0.4, -0.2) is 28.3 Å². The summed E-state index contributed by atoms with van der Waals surface area (Å²) in [5.41, 5.74) is 4.23. The quantitative estimate of drug-likeness (QED) is 0.377. The van der Waals surface area contributed by atoms with Gasteiger partial charge in [-0.3, -0.25) is 9.59 Å². The molecule has 0 aliphatic heterocycles. The highest BCUT2D eigenvalue weighted by Crippen LogP contribution is 2.22. The van der Waals surface area contributed by atoms with Crippen LogP contribution in [0.25, 0.3) is 0 Å². The lowest BCUT2D eigenvalue weighted by Crippen LogP contribution is -2.28. The molecule has 1 heterocycles. The summed E-state index contributed by atoms with van der Waals surface area (Å²) in [6, 6.07) is 15.6. The molecule has 0 bridgehead atoms. The largest absolute Gasteiger partial charge is 0.350 e. The predicted octanol–water partition coefficient (Wildman–Crippen LogP) is 4.80. The lowest BCUT2D eigenvalue weighted by molar-refractivity contribution is -0.116. The zero-order chi connectivity index (χ0) is 22.2. The van der Waals surface area contributed by atoms with Crippen molar-refractivity contribution in [3.8, 4) is 0 Å². The van der Waals surface area contributed by atoms with Crippen LogP contribution in [-0.2, 0) is 10.5 Å². The zero-order valence-corrected chi connectivity index (χ0v) is 18.9. The highest BCUT2D eigenvalue weighted by Gasteiger charge is 2.15. The number of nitrogens with zero attached hydrogens (tertiary/aromatic N) is 2. The summed E-state index contributed by atoms with van der Waals surface area (Å²) < 4.78 is 0. The van der Waals surface area contributed by atoms with Crippen molar-refractivity contribution in [1.82, 2.24) is 15.3 Å². The molecule has 2 aromatic carbocycles. The van der Waals surface area contributed by atoms with Gasteiger partial charge in [0.2, 0.25) is 5.91 Å². The third-order valence-electron chi connectivity index (χ3n) is 4.58. The van der Waals surface area contributed by atoms with Crippen molar-refractivity contribution in [3.63, 3.8) is 0 Å². The van der Waals surface area contributed by atoms with Crippen molar-refractivity contribution >= 4 is 40.9 Å². The first-order chi connectivity index (χ1) is 14.9. The van der Waals surface area contributed by atoms with Gasteiger partial charge >= 0.3 is 0 Å². The second-order valence-corrected chi connectivity index (χ2v) is 8.33. The van der Waals surface area contributed by atoms with Gasteiger partial charge in [-0.2, -0.15) is 0 Å². The van der Waals surface area contributed by atoms with Crippen LogP contribution in [0.15, 0.2) is 59.9 Å². The molecule has 0 radical (unpaired) electrons. The van der Waals surface area contributed by atoms with Crippen molar-refractivity contribution in [2.75, 3.05) is 11.9 Å². The Balaban J connectivity index is 1.51. The Hall–Kier alpha value is -2.90. The van der Waals surface area contributed by atoms with E-state index in [1.54, 1.807) is 0 Å². The monoisotopic (exact) mass is 454 g/mol. The maximum absolute atomic E-state index is 12.5. The second kappa shape index (κ2) is 10.9. The number of rotatable bonds is 8. The van der Waals surface area contributed by atoms with Crippen LogP contribution in [0.1, 0.15) is 33.6 Å². The number of benzene rings is 2. The van der Waals surface area contributed by atoms with E-state index in [9.17, 15) is 9.59 Å². The molecule has 3 aromatic rings. The summed E-state index contributed by atoms with van der Waals surface area (Å²) in [5.74, 6) is 0.0618. The summed E-state index contributed by atoms with van der Waals surface area (Å²) in [5, 5.41) is 6.16. The third kappa shape index (κ3) is 6.80. The fourth-order valence-corrected chi connectivity index (χ4v) is 3.67. The van der Waals surface area contributed by atoms with Crippen molar-refractivity contribution < 1.29 is 9.59 Å². The molecule has 160 valence electrons. The van der Waals surface area contributed by atoms with Gasteiger partial charge < -0.3 is 10.6 Å². The van der Waals surface area contributed by atoms with Crippen LogP contribution in [0.3, 0.4) is 0 Å². The highest BCUT2D eigenvalue weighted by atomic mass is 35.5. The van der Waals surface area contributed by atoms with Gasteiger partial charge in [0.25, 0.3) is 5.91 Å². The summed E-state index contributed by atoms with van der Waals surface area (Å²) in [6.45, 7) is 4.17. The molecule has 2 N–H and O–H groups in total. The van der Waals surface area contributed by atoms with E-state index in [1.807, 2.05) is 62.4 Å². The number of aryl methyl sites for hydroxylation is 2. The van der Waals surface area contributed by atoms with E-state index in [1.165, 1.54) is 18.0 Å². The first kappa shape index (κ1) is 22.8. The number of thioether (sulfide) groups is 1. The normalized spacial score (nSPS) is 10.5. The molecule has 31 heavy (non-hydrogen) atoms. The lowest BCUT2D eigenvalue weighted by Gasteiger charge is -2.09. The van der Waals surface area contributed by atoms with Crippen LogP contribution < -0.4 is 10.6 Å². The SMILES string of the molecule is Cc1ccc(NC(=O)CCNC(=O)c2nc(SCc3ccccc3)ncc2Cl)cc1C. The number of hydrogen-bond donors (Lipinski definition) is 2. The molecule has 0 fully saturated rings. The molecule has 0 saturated carbocycles. The fourth-order valence-electron chi connectivity index (χ4n) is 2.72. The Bertz CT molecular complexity index is 1080. The molecule has 0 atom stereocenters. The molecular weight excluding hydrogens is 432 g/mol. The maximum atomic E-state index is 12.5. The average Bonchev–Trinajstić information content (AvgIpc) is 2.76. The Morgan fingerprint density at radius 3 is 2.58 bits per heavy atom. The van der Waals surface area contributed by atoms with Gasteiger partial charge in [-0.05, 0) is 42.7 Å². The van der Waals surface area contributed by atoms with Crippen molar-refractivity contribution in [1.29, 1.82) is 0 Å². The molecule has 0 aliphatic carbocycles. The summed E-state index contributed by atoms with van der Waals surface area (Å²) >= 11 is 7.53. The predicted molar refractivity (Wildman–Crippen MR) is 125 cm³/mol. The number of halogens is 1. The summed E-state index contributed by atoms with van der Waals surface area (Å²) in [7, 11) is 0. The Morgan fingerprint density at radius 1 is 1.06 bits per heavy atom. The van der Waals surface area contributed by atoms with E-state index in [2.05, 4.69) is 20.6 Å². The van der Waals surface area contributed by atoms with Gasteiger partial charge in [-0.15, -0.1) is 0 Å². The van der Waals surface area contributed by atoms with E-state index in [-0.39, 0.29) is 29.6 Å². The second-order valence-electron chi connectivity index (χ2n) is 6.98. The first-order valence-corrected chi connectivity index (χ1v) is 11.1. The van der Waals surface area contributed by atoms with Gasteiger partial charge in [0.05, 0.1) is 11.2 Å². The van der Waals surface area contributed by atoms with Crippen molar-refractivity contribution in [3.05, 3.63) is 82.1 Å². The zero-order valence-electron chi connectivity index (χ0n) is 17.3. The molecular formula is C23H23ClN4O2S. The van der Waals surface area contributed by atoms with Crippen LogP contribution in [0, 0.1) is 13.8 Å². The minimum Gasteiger partial charge on any atom is -0.350 e. The lowest BCUT2D eigenvalue weighted by atomic mass is 10.1. The van der Waals surface area contributed by atoms with Crippen molar-refractivity contribution in [2.45, 2.75) is 31.2 Å². The number of anilines is 1. The Kier molecular flexibility index (Phi) is 8.03. The van der Waals surface area contributed by atoms with Gasteiger partial charge in [-0.25, -0.2) is 9.97 Å². The number of hydrogen-bond acceptors (Lipinski definition) is 5. The standard InChI is InChI=1S/C23H23ClN4O2S/c1-15-8-9-18(12-16(15)2)27-20(29)10-11-25-22(30)21-19(24)13-26-23(28-21)31-14-17-6-4-3-5-7-17/h3-9,12-13H,10-11,14H2,1-2H3,(H,25,30)(H,27,29). The molecule has 6 nitrogen and oxygen atoms in total. The molecule has 0 spiro atoms. The number of aromatic nitrogens is 2. The van der Waals surface area contributed by atoms with Crippen LogP contribution in [0.5, 0.6) is 0 Å². The number of amides is 2. The molecule has 3 rings (SSSR count). The molecule has 1 aromatic heterocycles. The smallest absolute Gasteiger partial charge is 0.271 e. The minimum atomic E-state index is -0.437. The van der Waals surface area contributed by atoms with Gasteiger partial charge in [0, 0.05) is 24.4 Å². The fraction of sp³-hybridized carbons (Fsp3) is 0.217. The Labute approximate surface area is 190 Å². The molecule has 0 saturated heterocycles. The summed E-state index contributed by atoms with van der Waals surface area (Å²) in [4.78, 5) is 33.1. The Morgan fingerprint density at radius 2 is 1.84 bits per heavy atom. The molecule has 8 heteroatoms. The minimum absolute atomic E-state index is 0.0989. The maximum Gasteiger partial charge on any atom is 0.271 e. The van der Waals surface area contributed by atoms with Gasteiger partial charge in [0.1, 0.15) is 0 Å². The number of carbonyl (C=O) groups is 2.